The second-order valence-electron chi connectivity index (χ2n) is 4.93. The number of carbonyl (C=O) groups is 1. The first-order valence-electron chi connectivity index (χ1n) is 6.42. The third kappa shape index (κ3) is 3.46. The average Bonchev–Trinajstić information content (AvgIpc) is 2.43. The lowest BCUT2D eigenvalue weighted by Crippen LogP contribution is -2.52. The maximum Gasteiger partial charge on any atom is 0.227 e. The van der Waals surface area contributed by atoms with E-state index >= 15 is 0 Å². The predicted molar refractivity (Wildman–Crippen MR) is 71.7 cm³/mol. The lowest BCUT2D eigenvalue weighted by atomic mass is 10.1. The predicted octanol–water partition coefficient (Wildman–Crippen LogP) is 2.36. The Morgan fingerprint density at radius 1 is 1.45 bits per heavy atom. The number of carbonyl (C=O) groups excluding carboxylic acids is 1. The topological polar surface area (TPSA) is 29.5 Å². The van der Waals surface area contributed by atoms with Gasteiger partial charge in [-0.15, -0.1) is 11.6 Å². The van der Waals surface area contributed by atoms with Gasteiger partial charge in [-0.25, -0.2) is 8.78 Å². The van der Waals surface area contributed by atoms with Gasteiger partial charge in [-0.2, -0.15) is 0 Å². The van der Waals surface area contributed by atoms with E-state index in [2.05, 4.69) is 0 Å². The van der Waals surface area contributed by atoms with Crippen LogP contribution in [0.15, 0.2) is 18.2 Å². The zero-order valence-corrected chi connectivity index (χ0v) is 11.9. The maximum atomic E-state index is 13.1. The largest absolute Gasteiger partial charge is 0.373 e. The maximum absolute atomic E-state index is 13.1. The molecule has 0 spiro atoms. The Hall–Kier alpha value is -1.20. The molecule has 1 fully saturated rings. The van der Waals surface area contributed by atoms with Gasteiger partial charge in [-0.05, 0) is 24.6 Å². The molecule has 1 amide bonds. The van der Waals surface area contributed by atoms with Crippen molar-refractivity contribution in [3.63, 3.8) is 0 Å². The van der Waals surface area contributed by atoms with E-state index in [0.717, 1.165) is 12.1 Å². The summed E-state index contributed by atoms with van der Waals surface area (Å²) < 4.78 is 31.4. The number of halogens is 3. The lowest BCUT2D eigenvalue weighted by molar-refractivity contribution is -0.142. The zero-order chi connectivity index (χ0) is 14.7. The fourth-order valence-corrected chi connectivity index (χ4v) is 2.37. The van der Waals surface area contributed by atoms with E-state index in [4.69, 9.17) is 16.3 Å². The number of ether oxygens (including phenoxy) is 1. The molecule has 0 radical (unpaired) electrons. The van der Waals surface area contributed by atoms with E-state index in [1.54, 1.807) is 4.90 Å². The van der Waals surface area contributed by atoms with Crippen LogP contribution in [0.25, 0.3) is 0 Å². The molecular formula is C14H16ClF2NO2. The highest BCUT2D eigenvalue weighted by Gasteiger charge is 2.29. The van der Waals surface area contributed by atoms with Crippen LogP contribution in [0.2, 0.25) is 0 Å². The summed E-state index contributed by atoms with van der Waals surface area (Å²) in [7, 11) is 0. The van der Waals surface area contributed by atoms with Crippen LogP contribution in [0, 0.1) is 11.6 Å². The molecule has 1 aromatic carbocycles. The van der Waals surface area contributed by atoms with Crippen molar-refractivity contribution >= 4 is 17.5 Å². The monoisotopic (exact) mass is 303 g/mol. The van der Waals surface area contributed by atoms with Gasteiger partial charge in [-0.1, -0.05) is 6.07 Å². The number of benzene rings is 1. The number of morpholine rings is 1. The van der Waals surface area contributed by atoms with Crippen molar-refractivity contribution in [1.29, 1.82) is 0 Å². The van der Waals surface area contributed by atoms with Crippen LogP contribution in [-0.2, 0) is 16.0 Å². The molecule has 1 saturated heterocycles. The minimum Gasteiger partial charge on any atom is -0.373 e. The molecule has 0 aromatic heterocycles. The molecule has 0 N–H and O–H groups in total. The number of hydrogen-bond donors (Lipinski definition) is 0. The Bertz CT molecular complexity index is 498. The number of rotatable bonds is 3. The molecule has 0 bridgehead atoms. The highest BCUT2D eigenvalue weighted by Crippen LogP contribution is 2.16. The normalized spacial score (nSPS) is 22.9. The van der Waals surface area contributed by atoms with E-state index in [-0.39, 0.29) is 24.5 Å². The van der Waals surface area contributed by atoms with Crippen molar-refractivity contribution < 1.29 is 18.3 Å². The molecule has 1 heterocycles. The molecule has 1 aliphatic heterocycles. The first kappa shape index (κ1) is 15.2. The second-order valence-corrected chi connectivity index (χ2v) is 5.24. The number of amides is 1. The lowest BCUT2D eigenvalue weighted by Gasteiger charge is -2.37. The number of hydrogen-bond acceptors (Lipinski definition) is 2. The first-order chi connectivity index (χ1) is 9.51. The molecule has 1 aliphatic rings. The van der Waals surface area contributed by atoms with Gasteiger partial charge in [0.25, 0.3) is 0 Å². The van der Waals surface area contributed by atoms with Crippen LogP contribution < -0.4 is 0 Å². The number of alkyl halides is 1. The highest BCUT2D eigenvalue weighted by atomic mass is 35.5. The Morgan fingerprint density at radius 2 is 2.20 bits per heavy atom. The summed E-state index contributed by atoms with van der Waals surface area (Å²) in [5, 5.41) is 0. The Labute approximate surface area is 121 Å². The number of nitrogens with zero attached hydrogens (tertiary/aromatic N) is 1. The van der Waals surface area contributed by atoms with Gasteiger partial charge in [0.05, 0.1) is 31.1 Å². The Kier molecular flexibility index (Phi) is 4.94. The summed E-state index contributed by atoms with van der Waals surface area (Å²) in [6, 6.07) is 3.45. The van der Waals surface area contributed by atoms with Crippen molar-refractivity contribution in [2.45, 2.75) is 25.5 Å². The van der Waals surface area contributed by atoms with Crippen LogP contribution >= 0.6 is 11.6 Å². The van der Waals surface area contributed by atoms with Gasteiger partial charge < -0.3 is 9.64 Å². The molecule has 2 unspecified atom stereocenters. The zero-order valence-electron chi connectivity index (χ0n) is 11.1. The van der Waals surface area contributed by atoms with Crippen LogP contribution in [0.3, 0.4) is 0 Å². The molecule has 110 valence electrons. The molecule has 2 atom stereocenters. The van der Waals surface area contributed by atoms with Crippen LogP contribution in [-0.4, -0.2) is 42.0 Å². The smallest absolute Gasteiger partial charge is 0.227 e. The van der Waals surface area contributed by atoms with E-state index in [1.807, 2.05) is 6.92 Å². The van der Waals surface area contributed by atoms with E-state index in [1.165, 1.54) is 6.07 Å². The summed E-state index contributed by atoms with van der Waals surface area (Å²) in [5.41, 5.74) is 0.454. The summed E-state index contributed by atoms with van der Waals surface area (Å²) in [6.07, 6.45) is -0.141. The van der Waals surface area contributed by atoms with E-state index in [0.29, 0.717) is 24.6 Å². The molecule has 0 aliphatic carbocycles. The molecule has 20 heavy (non-hydrogen) atoms. The molecule has 2 rings (SSSR count). The minimum absolute atomic E-state index is 0.0382. The van der Waals surface area contributed by atoms with Gasteiger partial charge in [0.1, 0.15) is 0 Å². The van der Waals surface area contributed by atoms with Crippen LogP contribution in [0.1, 0.15) is 12.5 Å². The average molecular weight is 304 g/mol. The summed E-state index contributed by atoms with van der Waals surface area (Å²) >= 11 is 5.74. The van der Waals surface area contributed by atoms with Gasteiger partial charge in [0.15, 0.2) is 11.6 Å². The third-order valence-electron chi connectivity index (χ3n) is 3.34. The van der Waals surface area contributed by atoms with Gasteiger partial charge >= 0.3 is 0 Å². The molecular weight excluding hydrogens is 288 g/mol. The van der Waals surface area contributed by atoms with E-state index in [9.17, 15) is 13.6 Å². The third-order valence-corrected chi connectivity index (χ3v) is 3.68. The summed E-state index contributed by atoms with van der Waals surface area (Å²) in [5.74, 6) is -1.67. The second kappa shape index (κ2) is 6.50. The Balaban J connectivity index is 2.04. The van der Waals surface area contributed by atoms with Crippen molar-refractivity contribution in [3.05, 3.63) is 35.4 Å². The molecule has 6 heteroatoms. The Morgan fingerprint density at radius 3 is 2.85 bits per heavy atom. The van der Waals surface area contributed by atoms with Crippen molar-refractivity contribution in [3.8, 4) is 0 Å². The van der Waals surface area contributed by atoms with Gasteiger partial charge in [0, 0.05) is 6.54 Å². The van der Waals surface area contributed by atoms with Crippen molar-refractivity contribution in [2.24, 2.45) is 0 Å². The molecule has 1 aromatic rings. The van der Waals surface area contributed by atoms with Crippen LogP contribution in [0.4, 0.5) is 8.78 Å². The van der Waals surface area contributed by atoms with Crippen LogP contribution in [0.5, 0.6) is 0 Å². The minimum atomic E-state index is -0.941. The summed E-state index contributed by atoms with van der Waals surface area (Å²) in [6.45, 7) is 2.74. The van der Waals surface area contributed by atoms with Gasteiger partial charge in [-0.3, -0.25) is 4.79 Å². The SMILES string of the molecule is CC1COC(CCl)CN1C(=O)Cc1ccc(F)c(F)c1. The van der Waals surface area contributed by atoms with E-state index < -0.39 is 11.6 Å². The molecule has 3 nitrogen and oxygen atoms in total. The van der Waals surface area contributed by atoms with Gasteiger partial charge in [0.2, 0.25) is 5.91 Å². The highest BCUT2D eigenvalue weighted by molar-refractivity contribution is 6.18. The molecule has 0 saturated carbocycles. The fourth-order valence-electron chi connectivity index (χ4n) is 2.18. The first-order valence-corrected chi connectivity index (χ1v) is 6.95. The standard InChI is InChI=1S/C14H16ClF2NO2/c1-9-8-20-11(6-15)7-18(9)14(19)5-10-2-3-12(16)13(17)4-10/h2-4,9,11H,5-8H2,1H3. The summed E-state index contributed by atoms with van der Waals surface area (Å²) in [4.78, 5) is 13.9. The van der Waals surface area contributed by atoms with Crippen molar-refractivity contribution in [2.75, 3.05) is 19.0 Å². The quantitative estimate of drug-likeness (QED) is 0.802. The van der Waals surface area contributed by atoms with Crippen molar-refractivity contribution in [1.82, 2.24) is 4.90 Å². The fraction of sp³-hybridized carbons (Fsp3) is 0.500.